The molecule has 2 rings (SSSR count). The average Bonchev–Trinajstić information content (AvgIpc) is 2.66. The molecule has 8 nitrogen and oxygen atoms in total. The lowest BCUT2D eigenvalue weighted by Gasteiger charge is -2.06. The number of benzene rings is 2. The number of carbonyl (C=O) groups is 3. The predicted octanol–water partition coefficient (Wildman–Crippen LogP) is 1.03. The number of carboxylic acids is 1. The first-order valence-corrected chi connectivity index (χ1v) is 7.65. The van der Waals surface area contributed by atoms with E-state index in [4.69, 9.17) is 9.84 Å². The summed E-state index contributed by atoms with van der Waals surface area (Å²) >= 11 is 0. The number of carbonyl (C=O) groups excluding carboxylic acids is 2. The largest absolute Gasteiger partial charge is 0.481 e. The Balaban J connectivity index is 1.83. The highest BCUT2D eigenvalue weighted by Gasteiger charge is 2.07. The molecule has 0 bridgehead atoms. The molecular weight excluding hydrogens is 338 g/mol. The molecule has 0 atom stereocenters. The minimum atomic E-state index is -1.10. The molecule has 0 aromatic heterocycles. The van der Waals surface area contributed by atoms with Crippen molar-refractivity contribution < 1.29 is 24.2 Å². The lowest BCUT2D eigenvalue weighted by molar-refractivity contribution is -0.139. The number of nitrogens with zero attached hydrogens (tertiary/aromatic N) is 1. The van der Waals surface area contributed by atoms with E-state index in [0.717, 1.165) is 0 Å². The molecule has 0 heterocycles. The minimum Gasteiger partial charge on any atom is -0.481 e. The van der Waals surface area contributed by atoms with Crippen molar-refractivity contribution in [2.75, 3.05) is 13.2 Å². The first-order valence-electron chi connectivity index (χ1n) is 7.65. The summed E-state index contributed by atoms with van der Waals surface area (Å²) in [5.74, 6) is -1.64. The Morgan fingerprint density at radius 1 is 1.04 bits per heavy atom. The Hall–Kier alpha value is -3.68. The molecule has 0 fully saturated rings. The van der Waals surface area contributed by atoms with Gasteiger partial charge in [0, 0.05) is 11.1 Å². The Morgan fingerprint density at radius 3 is 2.46 bits per heavy atom. The van der Waals surface area contributed by atoms with Gasteiger partial charge in [-0.2, -0.15) is 5.10 Å². The SMILES string of the molecule is O=C(O)COc1ccccc1/C=N\NC(=O)CNC(=O)c1ccccc1. The molecule has 0 aliphatic carbocycles. The monoisotopic (exact) mass is 355 g/mol. The molecular formula is C18H17N3O5. The van der Waals surface area contributed by atoms with Gasteiger partial charge in [-0.3, -0.25) is 9.59 Å². The number of para-hydroxylation sites is 1. The predicted molar refractivity (Wildman–Crippen MR) is 94.1 cm³/mol. The molecule has 8 heteroatoms. The summed E-state index contributed by atoms with van der Waals surface area (Å²) in [7, 11) is 0. The van der Waals surface area contributed by atoms with E-state index in [1.54, 1.807) is 54.6 Å². The van der Waals surface area contributed by atoms with Crippen LogP contribution in [0.4, 0.5) is 0 Å². The van der Waals surface area contributed by atoms with Crippen molar-refractivity contribution in [2.24, 2.45) is 5.10 Å². The standard InChI is InChI=1S/C18H17N3O5/c22-16(11-19-18(25)13-6-2-1-3-7-13)21-20-10-14-8-4-5-9-15(14)26-12-17(23)24/h1-10H,11-12H2,(H,19,25)(H,21,22)(H,23,24)/b20-10-. The molecule has 2 aromatic carbocycles. The summed E-state index contributed by atoms with van der Waals surface area (Å²) in [5, 5.41) is 14.9. The van der Waals surface area contributed by atoms with Crippen LogP contribution in [0.2, 0.25) is 0 Å². The van der Waals surface area contributed by atoms with Crippen molar-refractivity contribution in [3.8, 4) is 5.75 Å². The number of ether oxygens (including phenoxy) is 1. The minimum absolute atomic E-state index is 0.234. The van der Waals surface area contributed by atoms with Gasteiger partial charge < -0.3 is 15.2 Å². The highest BCUT2D eigenvalue weighted by atomic mass is 16.5. The van der Waals surface area contributed by atoms with Crippen LogP contribution in [0.15, 0.2) is 59.7 Å². The lowest BCUT2D eigenvalue weighted by atomic mass is 10.2. The van der Waals surface area contributed by atoms with Gasteiger partial charge in [-0.05, 0) is 24.3 Å². The maximum atomic E-state index is 11.8. The maximum Gasteiger partial charge on any atom is 0.341 e. The number of hydrogen-bond donors (Lipinski definition) is 3. The van der Waals surface area contributed by atoms with Crippen LogP contribution in [0.25, 0.3) is 0 Å². The number of amides is 2. The van der Waals surface area contributed by atoms with E-state index in [9.17, 15) is 14.4 Å². The third-order valence-corrected chi connectivity index (χ3v) is 3.11. The van der Waals surface area contributed by atoms with E-state index in [1.165, 1.54) is 6.21 Å². The van der Waals surface area contributed by atoms with Gasteiger partial charge in [-0.15, -0.1) is 0 Å². The molecule has 3 N–H and O–H groups in total. The van der Waals surface area contributed by atoms with E-state index < -0.39 is 18.5 Å². The van der Waals surface area contributed by atoms with E-state index in [1.807, 2.05) is 0 Å². The van der Waals surface area contributed by atoms with Gasteiger partial charge in [0.1, 0.15) is 5.75 Å². The van der Waals surface area contributed by atoms with Crippen molar-refractivity contribution in [1.29, 1.82) is 0 Å². The van der Waals surface area contributed by atoms with Gasteiger partial charge in [0.25, 0.3) is 11.8 Å². The molecule has 0 aliphatic heterocycles. The summed E-state index contributed by atoms with van der Waals surface area (Å²) in [6.45, 7) is -0.717. The van der Waals surface area contributed by atoms with Crippen LogP contribution in [-0.2, 0) is 9.59 Å². The second kappa shape index (κ2) is 9.58. The molecule has 0 aliphatic rings. The Bertz CT molecular complexity index is 805. The van der Waals surface area contributed by atoms with Crippen molar-refractivity contribution in [3.63, 3.8) is 0 Å². The first-order chi connectivity index (χ1) is 12.6. The molecule has 2 amide bonds. The van der Waals surface area contributed by atoms with Crippen LogP contribution in [0, 0.1) is 0 Å². The molecule has 2 aromatic rings. The topological polar surface area (TPSA) is 117 Å². The van der Waals surface area contributed by atoms with Crippen molar-refractivity contribution in [2.45, 2.75) is 0 Å². The molecule has 134 valence electrons. The van der Waals surface area contributed by atoms with E-state index in [0.29, 0.717) is 16.9 Å². The average molecular weight is 355 g/mol. The van der Waals surface area contributed by atoms with Crippen LogP contribution in [-0.4, -0.2) is 42.3 Å². The fourth-order valence-corrected chi connectivity index (χ4v) is 1.92. The molecule has 0 radical (unpaired) electrons. The Kier molecular flexibility index (Phi) is 6.87. The van der Waals surface area contributed by atoms with E-state index in [2.05, 4.69) is 15.8 Å². The summed E-state index contributed by atoms with van der Waals surface area (Å²) in [6, 6.07) is 15.2. The van der Waals surface area contributed by atoms with Gasteiger partial charge in [0.15, 0.2) is 6.61 Å². The van der Waals surface area contributed by atoms with Crippen molar-refractivity contribution >= 4 is 24.0 Å². The third-order valence-electron chi connectivity index (χ3n) is 3.11. The summed E-state index contributed by atoms with van der Waals surface area (Å²) in [4.78, 5) is 34.1. The molecule has 0 spiro atoms. The molecule has 0 unspecified atom stereocenters. The number of nitrogens with one attached hydrogen (secondary N) is 2. The van der Waals surface area contributed by atoms with E-state index >= 15 is 0 Å². The third kappa shape index (κ3) is 6.08. The van der Waals surface area contributed by atoms with Crippen LogP contribution >= 0.6 is 0 Å². The zero-order chi connectivity index (χ0) is 18.8. The summed E-state index contributed by atoms with van der Waals surface area (Å²) in [6.07, 6.45) is 1.33. The van der Waals surface area contributed by atoms with Crippen LogP contribution < -0.4 is 15.5 Å². The van der Waals surface area contributed by atoms with Gasteiger partial charge in [-0.1, -0.05) is 30.3 Å². The quantitative estimate of drug-likeness (QED) is 0.483. The number of hydrazone groups is 1. The fourth-order valence-electron chi connectivity index (χ4n) is 1.92. The van der Waals surface area contributed by atoms with Gasteiger partial charge >= 0.3 is 5.97 Å². The maximum absolute atomic E-state index is 11.8. The van der Waals surface area contributed by atoms with Gasteiger partial charge in [0.2, 0.25) is 0 Å². The smallest absolute Gasteiger partial charge is 0.341 e. The first kappa shape index (κ1) is 18.7. The summed E-state index contributed by atoms with van der Waals surface area (Å²) < 4.78 is 5.12. The lowest BCUT2D eigenvalue weighted by Crippen LogP contribution is -2.34. The zero-order valence-corrected chi connectivity index (χ0v) is 13.7. The molecule has 26 heavy (non-hydrogen) atoms. The number of carboxylic acid groups (broad SMARTS) is 1. The van der Waals surface area contributed by atoms with Gasteiger partial charge in [0.05, 0.1) is 12.8 Å². The molecule has 0 saturated heterocycles. The second-order valence-electron chi connectivity index (χ2n) is 5.06. The Morgan fingerprint density at radius 2 is 1.73 bits per heavy atom. The van der Waals surface area contributed by atoms with E-state index in [-0.39, 0.29) is 12.5 Å². The van der Waals surface area contributed by atoms with Crippen LogP contribution in [0.3, 0.4) is 0 Å². The highest BCUT2D eigenvalue weighted by molar-refractivity contribution is 5.96. The van der Waals surface area contributed by atoms with Crippen molar-refractivity contribution in [3.05, 3.63) is 65.7 Å². The van der Waals surface area contributed by atoms with Crippen LogP contribution in [0.1, 0.15) is 15.9 Å². The zero-order valence-electron chi connectivity index (χ0n) is 13.7. The number of rotatable bonds is 8. The van der Waals surface area contributed by atoms with Crippen LogP contribution in [0.5, 0.6) is 5.75 Å². The molecule has 0 saturated carbocycles. The highest BCUT2D eigenvalue weighted by Crippen LogP contribution is 2.15. The fraction of sp³-hybridized carbons (Fsp3) is 0.111. The van der Waals surface area contributed by atoms with Crippen molar-refractivity contribution in [1.82, 2.24) is 10.7 Å². The second-order valence-corrected chi connectivity index (χ2v) is 5.06. The summed E-state index contributed by atoms with van der Waals surface area (Å²) in [5.41, 5.74) is 3.23. The van der Waals surface area contributed by atoms with Gasteiger partial charge in [-0.25, -0.2) is 10.2 Å². The Labute approximate surface area is 149 Å². The normalized spacial score (nSPS) is 10.3. The number of hydrogen-bond acceptors (Lipinski definition) is 5. The number of aliphatic carboxylic acids is 1.